The van der Waals surface area contributed by atoms with E-state index >= 15 is 0 Å². The van der Waals surface area contributed by atoms with E-state index in [0.717, 1.165) is 5.56 Å². The number of halogens is 1. The van der Waals surface area contributed by atoms with Crippen LogP contribution in [0, 0.1) is 6.92 Å². The molecular weight excluding hydrogens is 310 g/mol. The summed E-state index contributed by atoms with van der Waals surface area (Å²) in [6, 6.07) is 11.8. The fourth-order valence-corrected chi connectivity index (χ4v) is 3.54. The van der Waals surface area contributed by atoms with Gasteiger partial charge in [0.2, 0.25) is 10.0 Å². The average molecular weight is 326 g/mol. The molecule has 0 aromatic heterocycles. The first-order valence-electron chi connectivity index (χ1n) is 6.37. The summed E-state index contributed by atoms with van der Waals surface area (Å²) in [7, 11) is -3.64. The molecule has 0 aliphatic carbocycles. The van der Waals surface area contributed by atoms with Crippen molar-refractivity contribution in [3.05, 3.63) is 64.2 Å². The Kier molecular flexibility index (Phi) is 5.00. The van der Waals surface area contributed by atoms with Crippen LogP contribution in [-0.4, -0.2) is 13.5 Å². The molecule has 6 heteroatoms. The largest absolute Gasteiger partial charge is 0.392 e. The maximum Gasteiger partial charge on any atom is 0.241 e. The van der Waals surface area contributed by atoms with Crippen LogP contribution in [0.15, 0.2) is 47.4 Å². The summed E-state index contributed by atoms with van der Waals surface area (Å²) in [5.41, 5.74) is 1.93. The molecule has 0 fully saturated rings. The second kappa shape index (κ2) is 6.58. The zero-order valence-corrected chi connectivity index (χ0v) is 13.1. The first kappa shape index (κ1) is 16.0. The molecule has 21 heavy (non-hydrogen) atoms. The molecule has 2 aromatic rings. The molecule has 0 heterocycles. The smallest absolute Gasteiger partial charge is 0.241 e. The number of hydrogen-bond acceptors (Lipinski definition) is 3. The summed E-state index contributed by atoms with van der Waals surface area (Å²) >= 11 is 5.87. The predicted octanol–water partition coefficient (Wildman–Crippen LogP) is 2.62. The van der Waals surface area contributed by atoms with E-state index in [0.29, 0.717) is 16.1 Å². The maximum atomic E-state index is 12.4. The standard InChI is InChI=1S/C15H16ClNO3S/c1-11-13(10-18)5-3-7-15(11)21(19,20)17-9-12-4-2-6-14(16)8-12/h2-8,17-18H,9-10H2,1H3. The minimum absolute atomic E-state index is 0.158. The number of rotatable bonds is 5. The van der Waals surface area contributed by atoms with Crippen LogP contribution in [0.4, 0.5) is 0 Å². The van der Waals surface area contributed by atoms with E-state index in [1.165, 1.54) is 6.07 Å². The monoisotopic (exact) mass is 325 g/mol. The predicted molar refractivity (Wildman–Crippen MR) is 82.6 cm³/mol. The molecule has 2 N–H and O–H groups in total. The van der Waals surface area contributed by atoms with Gasteiger partial charge in [-0.2, -0.15) is 0 Å². The van der Waals surface area contributed by atoms with Crippen molar-refractivity contribution in [3.8, 4) is 0 Å². The van der Waals surface area contributed by atoms with E-state index in [-0.39, 0.29) is 18.0 Å². The molecule has 4 nitrogen and oxygen atoms in total. The minimum Gasteiger partial charge on any atom is -0.392 e. The lowest BCUT2D eigenvalue weighted by Gasteiger charge is -2.12. The van der Waals surface area contributed by atoms with Gasteiger partial charge in [-0.25, -0.2) is 13.1 Å². The average Bonchev–Trinajstić information content (AvgIpc) is 2.45. The van der Waals surface area contributed by atoms with Crippen LogP contribution >= 0.6 is 11.6 Å². The van der Waals surface area contributed by atoms with E-state index in [1.807, 2.05) is 0 Å². The Bertz CT molecular complexity index is 744. The molecule has 0 radical (unpaired) electrons. The van der Waals surface area contributed by atoms with Crippen LogP contribution in [0.5, 0.6) is 0 Å². The van der Waals surface area contributed by atoms with Gasteiger partial charge in [-0.05, 0) is 41.8 Å². The topological polar surface area (TPSA) is 66.4 Å². The van der Waals surface area contributed by atoms with Gasteiger partial charge < -0.3 is 5.11 Å². The van der Waals surface area contributed by atoms with Crippen LogP contribution in [0.25, 0.3) is 0 Å². The lowest BCUT2D eigenvalue weighted by molar-refractivity contribution is 0.280. The maximum absolute atomic E-state index is 12.4. The highest BCUT2D eigenvalue weighted by atomic mass is 35.5. The SMILES string of the molecule is Cc1c(CO)cccc1S(=O)(=O)NCc1cccc(Cl)c1. The molecule has 2 aromatic carbocycles. The van der Waals surface area contributed by atoms with Crippen molar-refractivity contribution in [3.63, 3.8) is 0 Å². The fraction of sp³-hybridized carbons (Fsp3) is 0.200. The number of aliphatic hydroxyl groups is 1. The van der Waals surface area contributed by atoms with Crippen molar-refractivity contribution in [2.75, 3.05) is 0 Å². The fourth-order valence-electron chi connectivity index (χ4n) is 2.03. The minimum atomic E-state index is -3.64. The van der Waals surface area contributed by atoms with Crippen LogP contribution < -0.4 is 4.72 Å². The number of benzene rings is 2. The zero-order chi connectivity index (χ0) is 15.5. The second-order valence-electron chi connectivity index (χ2n) is 4.65. The zero-order valence-electron chi connectivity index (χ0n) is 11.5. The van der Waals surface area contributed by atoms with E-state index in [2.05, 4.69) is 4.72 Å². The summed E-state index contributed by atoms with van der Waals surface area (Å²) in [6.07, 6.45) is 0. The van der Waals surface area contributed by atoms with Gasteiger partial charge in [0.1, 0.15) is 0 Å². The highest BCUT2D eigenvalue weighted by molar-refractivity contribution is 7.89. The highest BCUT2D eigenvalue weighted by Gasteiger charge is 2.17. The first-order valence-corrected chi connectivity index (χ1v) is 8.23. The first-order chi connectivity index (χ1) is 9.94. The highest BCUT2D eigenvalue weighted by Crippen LogP contribution is 2.19. The van der Waals surface area contributed by atoms with Gasteiger partial charge in [-0.15, -0.1) is 0 Å². The molecule has 0 atom stereocenters. The summed E-state index contributed by atoms with van der Waals surface area (Å²) < 4.78 is 27.3. The van der Waals surface area contributed by atoms with E-state index in [4.69, 9.17) is 11.6 Å². The third kappa shape index (κ3) is 3.83. The molecule has 112 valence electrons. The number of nitrogens with one attached hydrogen (secondary N) is 1. The van der Waals surface area contributed by atoms with Gasteiger partial charge in [0.15, 0.2) is 0 Å². The normalized spacial score (nSPS) is 11.6. The molecule has 0 saturated carbocycles. The van der Waals surface area contributed by atoms with Gasteiger partial charge >= 0.3 is 0 Å². The molecular formula is C15H16ClNO3S. The molecule has 2 rings (SSSR count). The van der Waals surface area contributed by atoms with Crippen LogP contribution in [0.1, 0.15) is 16.7 Å². The van der Waals surface area contributed by atoms with Crippen molar-refractivity contribution in [2.45, 2.75) is 25.0 Å². The third-order valence-corrected chi connectivity index (χ3v) is 4.99. The number of sulfonamides is 1. The van der Waals surface area contributed by atoms with Crippen molar-refractivity contribution in [1.29, 1.82) is 0 Å². The van der Waals surface area contributed by atoms with Crippen LogP contribution in [-0.2, 0) is 23.2 Å². The Labute approximate surface area is 129 Å². The van der Waals surface area contributed by atoms with Crippen molar-refractivity contribution in [1.82, 2.24) is 4.72 Å². The Balaban J connectivity index is 2.23. The van der Waals surface area contributed by atoms with Crippen molar-refractivity contribution < 1.29 is 13.5 Å². The molecule has 0 spiro atoms. The Hall–Kier alpha value is -1.40. The summed E-state index contributed by atoms with van der Waals surface area (Å²) in [5.74, 6) is 0. The molecule has 0 aliphatic rings. The van der Waals surface area contributed by atoms with E-state index in [9.17, 15) is 13.5 Å². The Morgan fingerprint density at radius 3 is 2.57 bits per heavy atom. The van der Waals surface area contributed by atoms with E-state index in [1.54, 1.807) is 43.3 Å². The lowest BCUT2D eigenvalue weighted by atomic mass is 10.1. The van der Waals surface area contributed by atoms with E-state index < -0.39 is 10.0 Å². The second-order valence-corrected chi connectivity index (χ2v) is 6.82. The quantitative estimate of drug-likeness (QED) is 0.888. The van der Waals surface area contributed by atoms with Gasteiger partial charge in [0.25, 0.3) is 0 Å². The van der Waals surface area contributed by atoms with Gasteiger partial charge in [0.05, 0.1) is 11.5 Å². The molecule has 0 saturated heterocycles. The van der Waals surface area contributed by atoms with Gasteiger partial charge in [-0.1, -0.05) is 35.9 Å². The summed E-state index contributed by atoms with van der Waals surface area (Å²) in [6.45, 7) is 1.65. The van der Waals surface area contributed by atoms with Crippen molar-refractivity contribution >= 4 is 21.6 Å². The van der Waals surface area contributed by atoms with Crippen molar-refractivity contribution in [2.24, 2.45) is 0 Å². The van der Waals surface area contributed by atoms with Gasteiger partial charge in [-0.3, -0.25) is 0 Å². The van der Waals surface area contributed by atoms with Crippen LogP contribution in [0.3, 0.4) is 0 Å². The third-order valence-electron chi connectivity index (χ3n) is 3.21. The Morgan fingerprint density at radius 2 is 1.90 bits per heavy atom. The molecule has 0 amide bonds. The molecule has 0 unspecified atom stereocenters. The summed E-state index contributed by atoms with van der Waals surface area (Å²) in [4.78, 5) is 0.177. The van der Waals surface area contributed by atoms with Crippen LogP contribution in [0.2, 0.25) is 5.02 Å². The molecule has 0 bridgehead atoms. The molecule has 0 aliphatic heterocycles. The van der Waals surface area contributed by atoms with Gasteiger partial charge in [0, 0.05) is 11.6 Å². The summed E-state index contributed by atoms with van der Waals surface area (Å²) in [5, 5.41) is 9.78. The number of hydrogen-bond donors (Lipinski definition) is 2. The number of aliphatic hydroxyl groups excluding tert-OH is 1. The Morgan fingerprint density at radius 1 is 1.19 bits per heavy atom. The lowest BCUT2D eigenvalue weighted by Crippen LogP contribution is -2.24.